The molecule has 0 aliphatic carbocycles. The quantitative estimate of drug-likeness (QED) is 0.162. The van der Waals surface area contributed by atoms with E-state index < -0.39 is 22.9 Å². The van der Waals surface area contributed by atoms with E-state index in [9.17, 15) is 18.8 Å². The highest BCUT2D eigenvalue weighted by Crippen LogP contribution is 2.29. The highest BCUT2D eigenvalue weighted by molar-refractivity contribution is 8.00. The summed E-state index contributed by atoms with van der Waals surface area (Å²) in [7, 11) is 0. The smallest absolute Gasteiger partial charge is 0.272 e. The molecule has 0 radical (unpaired) electrons. The van der Waals surface area contributed by atoms with Crippen molar-refractivity contribution in [3.05, 3.63) is 113 Å². The summed E-state index contributed by atoms with van der Waals surface area (Å²) in [5.41, 5.74) is 1.36. The zero-order valence-corrected chi connectivity index (χ0v) is 22.6. The molecule has 10 heteroatoms. The van der Waals surface area contributed by atoms with Gasteiger partial charge in [0.25, 0.3) is 11.8 Å². The van der Waals surface area contributed by atoms with Gasteiger partial charge in [-0.05, 0) is 67.4 Å². The number of nitrogens with one attached hydrogen (secondary N) is 3. The molecule has 3 amide bonds. The highest BCUT2D eigenvalue weighted by atomic mass is 32.2. The molecule has 40 heavy (non-hydrogen) atoms. The van der Waals surface area contributed by atoms with Gasteiger partial charge in [-0.25, -0.2) is 4.39 Å². The number of hydrogen-bond donors (Lipinski definition) is 3. The van der Waals surface area contributed by atoms with Crippen LogP contribution in [0.2, 0.25) is 0 Å². The van der Waals surface area contributed by atoms with Crippen LogP contribution in [0.3, 0.4) is 0 Å². The van der Waals surface area contributed by atoms with Crippen molar-refractivity contribution in [1.82, 2.24) is 10.5 Å². The van der Waals surface area contributed by atoms with Crippen molar-refractivity contribution in [2.75, 3.05) is 10.6 Å². The summed E-state index contributed by atoms with van der Waals surface area (Å²) < 4.78 is 18.4. The number of carbonyl (C=O) groups excluding carboxylic acids is 3. The van der Waals surface area contributed by atoms with E-state index >= 15 is 0 Å². The lowest BCUT2D eigenvalue weighted by atomic mass is 10.1. The van der Waals surface area contributed by atoms with Crippen molar-refractivity contribution in [3.63, 3.8) is 0 Å². The third-order valence-electron chi connectivity index (χ3n) is 5.62. The summed E-state index contributed by atoms with van der Waals surface area (Å²) in [6.07, 6.45) is 2.03. The minimum absolute atomic E-state index is 0.0211. The number of halogens is 1. The van der Waals surface area contributed by atoms with Gasteiger partial charge >= 0.3 is 0 Å². The van der Waals surface area contributed by atoms with Crippen LogP contribution in [-0.4, -0.2) is 28.1 Å². The second-order valence-corrected chi connectivity index (χ2v) is 10.0. The number of hydrogen-bond acceptors (Lipinski definition) is 6. The Kier molecular flexibility index (Phi) is 9.48. The summed E-state index contributed by atoms with van der Waals surface area (Å²) in [4.78, 5) is 39.6. The summed E-state index contributed by atoms with van der Waals surface area (Å²) in [6.45, 7) is 3.64. The molecule has 0 saturated heterocycles. The Hall–Kier alpha value is -4.70. The predicted octanol–water partition coefficient (Wildman–Crippen LogP) is 6.04. The standard InChI is InChI=1S/C30H27FN4O4S/c1-3-26(30(38)34-27-16-19(2)39-35-27)40-24-11-7-10-23(18-24)32-29(37)25(17-20-12-14-22(31)15-13-20)33-28(36)21-8-5-4-6-9-21/h4-18,26H,3H2,1-2H3,(H,32,37)(H,33,36)(H,34,35,38)/b25-17-. The van der Waals surface area contributed by atoms with Crippen LogP contribution >= 0.6 is 11.8 Å². The van der Waals surface area contributed by atoms with E-state index in [4.69, 9.17) is 4.52 Å². The van der Waals surface area contributed by atoms with Gasteiger partial charge in [-0.2, -0.15) is 0 Å². The van der Waals surface area contributed by atoms with Gasteiger partial charge in [-0.1, -0.05) is 48.5 Å². The minimum Gasteiger partial charge on any atom is -0.360 e. The van der Waals surface area contributed by atoms with Gasteiger partial charge in [0.2, 0.25) is 5.91 Å². The first-order chi connectivity index (χ1) is 19.3. The normalized spacial score (nSPS) is 11.9. The lowest BCUT2D eigenvalue weighted by Crippen LogP contribution is -2.30. The molecule has 0 aliphatic rings. The van der Waals surface area contributed by atoms with E-state index in [0.29, 0.717) is 34.8 Å². The molecule has 0 spiro atoms. The molecular weight excluding hydrogens is 531 g/mol. The first kappa shape index (κ1) is 28.3. The van der Waals surface area contributed by atoms with Crippen LogP contribution in [0.5, 0.6) is 0 Å². The van der Waals surface area contributed by atoms with Gasteiger partial charge in [0.05, 0.1) is 5.25 Å². The van der Waals surface area contributed by atoms with Gasteiger partial charge < -0.3 is 20.5 Å². The zero-order valence-electron chi connectivity index (χ0n) is 21.8. The molecule has 204 valence electrons. The average Bonchev–Trinajstić information content (AvgIpc) is 3.37. The monoisotopic (exact) mass is 558 g/mol. The molecule has 1 atom stereocenters. The van der Waals surface area contributed by atoms with Crippen molar-refractivity contribution >= 4 is 47.1 Å². The number of anilines is 2. The molecule has 0 saturated carbocycles. The number of nitrogens with zero attached hydrogens (tertiary/aromatic N) is 1. The molecule has 4 rings (SSSR count). The number of amides is 3. The van der Waals surface area contributed by atoms with E-state index in [1.165, 1.54) is 42.1 Å². The molecule has 0 bridgehead atoms. The van der Waals surface area contributed by atoms with Crippen LogP contribution in [0.4, 0.5) is 15.9 Å². The average molecular weight is 559 g/mol. The minimum atomic E-state index is -0.568. The van der Waals surface area contributed by atoms with Gasteiger partial charge in [0.15, 0.2) is 5.82 Å². The second kappa shape index (κ2) is 13.4. The lowest BCUT2D eigenvalue weighted by molar-refractivity contribution is -0.116. The van der Waals surface area contributed by atoms with E-state index in [-0.39, 0.29) is 11.6 Å². The predicted molar refractivity (Wildman–Crippen MR) is 153 cm³/mol. The summed E-state index contributed by atoms with van der Waals surface area (Å²) >= 11 is 1.34. The van der Waals surface area contributed by atoms with Crippen LogP contribution in [-0.2, 0) is 9.59 Å². The number of aryl methyl sites for hydroxylation is 1. The van der Waals surface area contributed by atoms with Crippen molar-refractivity contribution in [3.8, 4) is 0 Å². The van der Waals surface area contributed by atoms with Crippen LogP contribution in [0, 0.1) is 12.7 Å². The largest absolute Gasteiger partial charge is 0.360 e. The fraction of sp³-hybridized carbons (Fsp3) is 0.133. The Balaban J connectivity index is 1.49. The van der Waals surface area contributed by atoms with Gasteiger partial charge in [-0.15, -0.1) is 11.8 Å². The number of benzene rings is 3. The van der Waals surface area contributed by atoms with Crippen molar-refractivity contribution in [2.45, 2.75) is 30.4 Å². The van der Waals surface area contributed by atoms with Gasteiger partial charge in [0.1, 0.15) is 17.3 Å². The second-order valence-electron chi connectivity index (χ2n) is 8.74. The first-order valence-corrected chi connectivity index (χ1v) is 13.3. The van der Waals surface area contributed by atoms with E-state index in [2.05, 4.69) is 21.1 Å². The molecule has 1 heterocycles. The van der Waals surface area contributed by atoms with Crippen LogP contribution in [0.25, 0.3) is 6.08 Å². The van der Waals surface area contributed by atoms with Crippen molar-refractivity contribution < 1.29 is 23.3 Å². The Labute approximate surface area is 235 Å². The van der Waals surface area contributed by atoms with E-state index in [0.717, 1.165) is 4.90 Å². The fourth-order valence-electron chi connectivity index (χ4n) is 3.63. The maximum Gasteiger partial charge on any atom is 0.272 e. The highest BCUT2D eigenvalue weighted by Gasteiger charge is 2.20. The molecule has 1 aromatic heterocycles. The summed E-state index contributed by atoms with van der Waals surface area (Å²) in [6, 6.07) is 22.7. The third kappa shape index (κ3) is 7.90. The van der Waals surface area contributed by atoms with Gasteiger partial charge in [0, 0.05) is 22.2 Å². The van der Waals surface area contributed by atoms with E-state index in [1.807, 2.05) is 13.0 Å². The Bertz CT molecular complexity index is 1520. The number of carbonyl (C=O) groups is 3. The van der Waals surface area contributed by atoms with Gasteiger partial charge in [-0.3, -0.25) is 14.4 Å². The summed E-state index contributed by atoms with van der Waals surface area (Å²) in [5.74, 6) is -0.730. The maximum absolute atomic E-state index is 13.4. The fourth-order valence-corrected chi connectivity index (χ4v) is 4.65. The summed E-state index contributed by atoms with van der Waals surface area (Å²) in [5, 5.41) is 11.6. The van der Waals surface area contributed by atoms with E-state index in [1.54, 1.807) is 61.5 Å². The van der Waals surface area contributed by atoms with Crippen molar-refractivity contribution in [1.29, 1.82) is 0 Å². The molecular formula is C30H27FN4O4S. The first-order valence-electron chi connectivity index (χ1n) is 12.5. The maximum atomic E-state index is 13.4. The molecule has 4 aromatic rings. The van der Waals surface area contributed by atoms with Crippen LogP contribution in [0.1, 0.15) is 35.0 Å². The number of rotatable bonds is 10. The topological polar surface area (TPSA) is 113 Å². The molecule has 0 fully saturated rings. The molecule has 3 N–H and O–H groups in total. The third-order valence-corrected chi connectivity index (χ3v) is 6.98. The van der Waals surface area contributed by atoms with Crippen molar-refractivity contribution in [2.24, 2.45) is 0 Å². The lowest BCUT2D eigenvalue weighted by Gasteiger charge is -2.15. The molecule has 1 unspecified atom stereocenters. The molecule has 3 aromatic carbocycles. The zero-order chi connectivity index (χ0) is 28.5. The Morgan fingerprint density at radius 1 is 0.975 bits per heavy atom. The van der Waals surface area contributed by atoms with Crippen LogP contribution < -0.4 is 16.0 Å². The molecule has 8 nitrogen and oxygen atoms in total. The number of aromatic nitrogens is 1. The van der Waals surface area contributed by atoms with Crippen LogP contribution in [0.15, 0.2) is 100 Å². The number of thioether (sulfide) groups is 1. The Morgan fingerprint density at radius 3 is 2.40 bits per heavy atom. The SMILES string of the molecule is CCC(Sc1cccc(NC(=O)/C(=C/c2ccc(F)cc2)NC(=O)c2ccccc2)c1)C(=O)Nc1cc(C)on1. The Morgan fingerprint density at radius 2 is 1.73 bits per heavy atom. The molecule has 0 aliphatic heterocycles.